The summed E-state index contributed by atoms with van der Waals surface area (Å²) >= 11 is 0. The lowest BCUT2D eigenvalue weighted by Crippen LogP contribution is -2.44. The van der Waals surface area contributed by atoms with Crippen LogP contribution in [0.15, 0.2) is 54.6 Å². The normalized spacial score (nSPS) is 14.0. The summed E-state index contributed by atoms with van der Waals surface area (Å²) in [5.74, 6) is -1.23. The highest BCUT2D eigenvalue weighted by Crippen LogP contribution is 2.27. The molecule has 1 aliphatic carbocycles. The molecule has 2 amide bonds. The molecule has 0 aliphatic heterocycles. The summed E-state index contributed by atoms with van der Waals surface area (Å²) in [6, 6.07) is 16.7. The first-order chi connectivity index (χ1) is 14.5. The average Bonchev–Trinajstić information content (AvgIpc) is 2.77. The number of nitrogens with one attached hydrogen (secondary N) is 1. The van der Waals surface area contributed by atoms with Gasteiger partial charge in [-0.3, -0.25) is 14.4 Å². The summed E-state index contributed by atoms with van der Waals surface area (Å²) in [5, 5.41) is 2.54. The first-order valence-electron chi connectivity index (χ1n) is 10.4. The van der Waals surface area contributed by atoms with Gasteiger partial charge in [0.1, 0.15) is 6.54 Å². The van der Waals surface area contributed by atoms with Crippen molar-refractivity contribution in [2.45, 2.75) is 45.1 Å². The first kappa shape index (κ1) is 21.6. The van der Waals surface area contributed by atoms with E-state index in [1.807, 2.05) is 43.3 Å². The highest BCUT2D eigenvalue weighted by molar-refractivity contribution is 5.97. The van der Waals surface area contributed by atoms with E-state index in [0.29, 0.717) is 5.56 Å². The average molecular weight is 408 g/mol. The molecule has 158 valence electrons. The summed E-state index contributed by atoms with van der Waals surface area (Å²) in [6.45, 7) is 1.26. The van der Waals surface area contributed by atoms with Crippen molar-refractivity contribution in [1.82, 2.24) is 5.32 Å². The number of aryl methyl sites for hydroxylation is 1. The highest BCUT2D eigenvalue weighted by atomic mass is 16.5. The number of amides is 2. The summed E-state index contributed by atoms with van der Waals surface area (Å²) in [7, 11) is 0. The lowest BCUT2D eigenvalue weighted by molar-refractivity contribution is -0.146. The molecule has 1 N–H and O–H groups in total. The third-order valence-corrected chi connectivity index (χ3v) is 5.27. The number of carbonyl (C=O) groups excluding carboxylic acids is 3. The number of anilines is 1. The molecule has 0 heterocycles. The first-order valence-corrected chi connectivity index (χ1v) is 10.4. The lowest BCUT2D eigenvalue weighted by Gasteiger charge is -2.34. The molecule has 2 aromatic rings. The van der Waals surface area contributed by atoms with Gasteiger partial charge in [0.25, 0.3) is 11.8 Å². The van der Waals surface area contributed by atoms with Gasteiger partial charge in [-0.25, -0.2) is 0 Å². The number of nitrogens with zero attached hydrogens (tertiary/aromatic N) is 1. The number of esters is 1. The van der Waals surface area contributed by atoms with E-state index in [9.17, 15) is 14.4 Å². The van der Waals surface area contributed by atoms with Crippen LogP contribution in [0.5, 0.6) is 0 Å². The number of rotatable bonds is 7. The van der Waals surface area contributed by atoms with Crippen molar-refractivity contribution < 1.29 is 19.1 Å². The molecule has 3 rings (SSSR count). The van der Waals surface area contributed by atoms with Gasteiger partial charge in [-0.2, -0.15) is 0 Å². The Labute approximate surface area is 177 Å². The molecule has 0 atom stereocenters. The maximum absolute atomic E-state index is 12.9. The number of benzene rings is 2. The topological polar surface area (TPSA) is 75.7 Å². The number of carbonyl (C=O) groups is 3. The van der Waals surface area contributed by atoms with E-state index < -0.39 is 5.97 Å². The van der Waals surface area contributed by atoms with E-state index >= 15 is 0 Å². The monoisotopic (exact) mass is 408 g/mol. The van der Waals surface area contributed by atoms with E-state index in [0.717, 1.165) is 36.9 Å². The Balaban J connectivity index is 1.54. The van der Waals surface area contributed by atoms with Gasteiger partial charge in [-0.1, -0.05) is 55.2 Å². The number of hydrogen-bond acceptors (Lipinski definition) is 4. The second-order valence-corrected chi connectivity index (χ2v) is 7.60. The van der Waals surface area contributed by atoms with Crippen LogP contribution in [-0.2, 0) is 14.3 Å². The van der Waals surface area contributed by atoms with E-state index in [-0.39, 0.29) is 31.0 Å². The maximum atomic E-state index is 12.9. The van der Waals surface area contributed by atoms with Crippen molar-refractivity contribution >= 4 is 23.5 Å². The van der Waals surface area contributed by atoms with Crippen molar-refractivity contribution in [3.05, 3.63) is 65.7 Å². The van der Waals surface area contributed by atoms with Crippen LogP contribution in [0.25, 0.3) is 0 Å². The molecule has 6 nitrogen and oxygen atoms in total. The molecule has 0 unspecified atom stereocenters. The second kappa shape index (κ2) is 10.6. The van der Waals surface area contributed by atoms with E-state index in [1.165, 1.54) is 6.42 Å². The molecule has 6 heteroatoms. The Morgan fingerprint density at radius 1 is 1.00 bits per heavy atom. The zero-order valence-corrected chi connectivity index (χ0v) is 17.3. The van der Waals surface area contributed by atoms with Crippen LogP contribution >= 0.6 is 0 Å². The largest absolute Gasteiger partial charge is 0.454 e. The predicted molar refractivity (Wildman–Crippen MR) is 115 cm³/mol. The number of para-hydroxylation sites is 1. The molecular formula is C24H28N2O4. The van der Waals surface area contributed by atoms with Gasteiger partial charge in [0, 0.05) is 17.3 Å². The van der Waals surface area contributed by atoms with Gasteiger partial charge in [0.2, 0.25) is 0 Å². The van der Waals surface area contributed by atoms with Crippen LogP contribution in [0.3, 0.4) is 0 Å². The van der Waals surface area contributed by atoms with Crippen LogP contribution in [0.4, 0.5) is 5.69 Å². The molecule has 2 aromatic carbocycles. The van der Waals surface area contributed by atoms with Crippen LogP contribution in [0.1, 0.15) is 48.0 Å². The van der Waals surface area contributed by atoms with Gasteiger partial charge in [0.05, 0.1) is 0 Å². The molecule has 0 bridgehead atoms. The summed E-state index contributed by atoms with van der Waals surface area (Å²) in [4.78, 5) is 38.9. The summed E-state index contributed by atoms with van der Waals surface area (Å²) < 4.78 is 5.16. The van der Waals surface area contributed by atoms with Crippen molar-refractivity contribution in [2.24, 2.45) is 0 Å². The molecule has 30 heavy (non-hydrogen) atoms. The van der Waals surface area contributed by atoms with Crippen LogP contribution in [-0.4, -0.2) is 37.0 Å². The smallest absolute Gasteiger partial charge is 0.325 e. The zero-order chi connectivity index (χ0) is 21.3. The van der Waals surface area contributed by atoms with Gasteiger partial charge in [-0.15, -0.1) is 0 Å². The lowest BCUT2D eigenvalue weighted by atomic mass is 9.93. The van der Waals surface area contributed by atoms with E-state index in [4.69, 9.17) is 4.74 Å². The van der Waals surface area contributed by atoms with Crippen LogP contribution in [0, 0.1) is 6.92 Å². The Morgan fingerprint density at radius 2 is 1.73 bits per heavy atom. The quantitative estimate of drug-likeness (QED) is 0.710. The Bertz CT molecular complexity index is 876. The number of ether oxygens (including phenoxy) is 1. The molecule has 0 saturated heterocycles. The van der Waals surface area contributed by atoms with E-state index in [1.54, 1.807) is 23.1 Å². The summed E-state index contributed by atoms with van der Waals surface area (Å²) in [6.07, 6.45) is 5.25. The second-order valence-electron chi connectivity index (χ2n) is 7.60. The minimum Gasteiger partial charge on any atom is -0.454 e. The van der Waals surface area contributed by atoms with Gasteiger partial charge < -0.3 is 15.0 Å². The van der Waals surface area contributed by atoms with Crippen LogP contribution in [0.2, 0.25) is 0 Å². The predicted octanol–water partition coefficient (Wildman–Crippen LogP) is 3.63. The van der Waals surface area contributed by atoms with Gasteiger partial charge in [0.15, 0.2) is 6.61 Å². The Kier molecular flexibility index (Phi) is 7.60. The van der Waals surface area contributed by atoms with Crippen LogP contribution < -0.4 is 10.2 Å². The van der Waals surface area contributed by atoms with Gasteiger partial charge >= 0.3 is 5.97 Å². The minimum absolute atomic E-state index is 0.119. The third kappa shape index (κ3) is 5.92. The van der Waals surface area contributed by atoms with Gasteiger partial charge in [-0.05, 0) is 44.0 Å². The minimum atomic E-state index is -0.638. The fourth-order valence-electron chi connectivity index (χ4n) is 3.79. The van der Waals surface area contributed by atoms with E-state index in [2.05, 4.69) is 5.32 Å². The van der Waals surface area contributed by atoms with Crippen molar-refractivity contribution in [3.8, 4) is 0 Å². The molecule has 1 saturated carbocycles. The zero-order valence-electron chi connectivity index (χ0n) is 17.3. The molecule has 1 fully saturated rings. The van der Waals surface area contributed by atoms with Crippen molar-refractivity contribution in [3.63, 3.8) is 0 Å². The third-order valence-electron chi connectivity index (χ3n) is 5.27. The fourth-order valence-corrected chi connectivity index (χ4v) is 3.79. The summed E-state index contributed by atoms with van der Waals surface area (Å²) in [5.41, 5.74) is 2.25. The molecule has 1 aliphatic rings. The fraction of sp³-hybridized carbons (Fsp3) is 0.375. The standard InChI is InChI=1S/C24H28N2O4/c1-18-9-8-10-19(15-18)24(29)25-16-23(28)30-17-22(27)26(20-11-4-2-5-12-20)21-13-6-3-7-14-21/h2,4-5,8-12,15,21H,3,6-7,13-14,16-17H2,1H3,(H,25,29). The highest BCUT2D eigenvalue weighted by Gasteiger charge is 2.27. The Morgan fingerprint density at radius 3 is 2.43 bits per heavy atom. The number of hydrogen-bond donors (Lipinski definition) is 1. The molecule has 0 spiro atoms. The maximum Gasteiger partial charge on any atom is 0.325 e. The molecule has 0 radical (unpaired) electrons. The molecule has 0 aromatic heterocycles. The van der Waals surface area contributed by atoms with Crippen molar-refractivity contribution in [2.75, 3.05) is 18.1 Å². The Hall–Kier alpha value is -3.15. The molecular weight excluding hydrogens is 380 g/mol. The SMILES string of the molecule is Cc1cccc(C(=O)NCC(=O)OCC(=O)N(c2ccccc2)C2CCCCC2)c1. The van der Waals surface area contributed by atoms with Crippen molar-refractivity contribution in [1.29, 1.82) is 0 Å².